The average molecular weight is 267 g/mol. The van der Waals surface area contributed by atoms with Gasteiger partial charge in [-0.3, -0.25) is 4.90 Å². The first-order chi connectivity index (χ1) is 8.78. The van der Waals surface area contributed by atoms with Crippen LogP contribution in [0, 0.1) is 0 Å². The molecule has 2 rings (SSSR count). The fourth-order valence-corrected chi connectivity index (χ4v) is 2.57. The Morgan fingerprint density at radius 3 is 2.44 bits per heavy atom. The second kappa shape index (κ2) is 6.34. The van der Waals surface area contributed by atoms with Crippen molar-refractivity contribution in [3.05, 3.63) is 23.3 Å². The third kappa shape index (κ3) is 2.93. The molecule has 3 nitrogen and oxygen atoms in total. The van der Waals surface area contributed by atoms with E-state index in [0.29, 0.717) is 0 Å². The molecule has 0 aromatic heterocycles. The lowest BCUT2D eigenvalue weighted by molar-refractivity contribution is 0.254. The molecular formula is C14H21NO2S. The number of thiol groups is 1. The van der Waals surface area contributed by atoms with Crippen molar-refractivity contribution in [1.29, 1.82) is 0 Å². The second-order valence-electron chi connectivity index (χ2n) is 4.58. The van der Waals surface area contributed by atoms with Crippen LogP contribution in [-0.4, -0.2) is 38.0 Å². The molecule has 0 aliphatic carbocycles. The van der Waals surface area contributed by atoms with Gasteiger partial charge in [-0.15, -0.1) is 0 Å². The van der Waals surface area contributed by atoms with Gasteiger partial charge in [0.25, 0.3) is 0 Å². The summed E-state index contributed by atoms with van der Waals surface area (Å²) in [6.07, 6.45) is 2.23. The summed E-state index contributed by atoms with van der Waals surface area (Å²) >= 11 is 4.27. The van der Waals surface area contributed by atoms with Crippen molar-refractivity contribution >= 4 is 12.6 Å². The molecule has 0 spiro atoms. The molecular weight excluding hydrogens is 246 g/mol. The lowest BCUT2D eigenvalue weighted by Crippen LogP contribution is -2.31. The number of hydrogen-bond acceptors (Lipinski definition) is 4. The summed E-state index contributed by atoms with van der Waals surface area (Å²) in [5.41, 5.74) is 2.74. The normalized spacial score (nSPS) is 15.3. The first-order valence-electron chi connectivity index (χ1n) is 6.35. The lowest BCUT2D eigenvalue weighted by Gasteiger charge is -2.29. The van der Waals surface area contributed by atoms with E-state index >= 15 is 0 Å². The third-order valence-corrected chi connectivity index (χ3v) is 3.75. The highest BCUT2D eigenvalue weighted by molar-refractivity contribution is 7.80. The molecule has 0 radical (unpaired) electrons. The van der Waals surface area contributed by atoms with Crippen LogP contribution in [0.4, 0.5) is 0 Å². The van der Waals surface area contributed by atoms with Gasteiger partial charge in [0.05, 0.1) is 14.2 Å². The van der Waals surface area contributed by atoms with E-state index in [9.17, 15) is 0 Å². The quantitative estimate of drug-likeness (QED) is 0.828. The van der Waals surface area contributed by atoms with Gasteiger partial charge in [0.1, 0.15) is 0 Å². The zero-order valence-electron chi connectivity index (χ0n) is 11.1. The van der Waals surface area contributed by atoms with E-state index in [2.05, 4.69) is 29.7 Å². The summed E-state index contributed by atoms with van der Waals surface area (Å²) in [5, 5.41) is 0. The minimum absolute atomic E-state index is 0.826. The average Bonchev–Trinajstić information content (AvgIpc) is 2.43. The maximum absolute atomic E-state index is 5.36. The van der Waals surface area contributed by atoms with E-state index in [-0.39, 0.29) is 0 Å². The Morgan fingerprint density at radius 2 is 1.83 bits per heavy atom. The number of fused-ring (bicyclic) bond motifs is 1. The van der Waals surface area contributed by atoms with Gasteiger partial charge in [0.15, 0.2) is 11.5 Å². The Morgan fingerprint density at radius 1 is 1.17 bits per heavy atom. The van der Waals surface area contributed by atoms with Crippen molar-refractivity contribution < 1.29 is 9.47 Å². The molecule has 1 aromatic carbocycles. The zero-order valence-corrected chi connectivity index (χ0v) is 12.0. The number of ether oxygens (including phenoxy) is 2. The van der Waals surface area contributed by atoms with Gasteiger partial charge in [-0.2, -0.15) is 12.6 Å². The van der Waals surface area contributed by atoms with Crippen LogP contribution >= 0.6 is 12.6 Å². The van der Waals surface area contributed by atoms with Gasteiger partial charge in [-0.05, 0) is 48.4 Å². The van der Waals surface area contributed by atoms with Crippen LogP contribution in [0.15, 0.2) is 12.1 Å². The fraction of sp³-hybridized carbons (Fsp3) is 0.571. The Hall–Kier alpha value is -0.870. The van der Waals surface area contributed by atoms with Crippen LogP contribution in [0.25, 0.3) is 0 Å². The summed E-state index contributed by atoms with van der Waals surface area (Å²) in [6.45, 7) is 3.25. The van der Waals surface area contributed by atoms with E-state index in [1.54, 1.807) is 14.2 Å². The topological polar surface area (TPSA) is 21.7 Å². The standard InChI is InChI=1S/C14H21NO2S/c1-16-13-8-11-4-6-15(5-3-7-18)10-12(11)9-14(13)17-2/h8-9,18H,3-7,10H2,1-2H3. The molecule has 1 aromatic rings. The predicted molar refractivity (Wildman–Crippen MR) is 77.0 cm³/mol. The van der Waals surface area contributed by atoms with E-state index in [1.807, 2.05) is 0 Å². The molecule has 1 heterocycles. The Balaban J connectivity index is 2.16. The maximum atomic E-state index is 5.36. The first-order valence-corrected chi connectivity index (χ1v) is 6.98. The minimum Gasteiger partial charge on any atom is -0.493 e. The second-order valence-corrected chi connectivity index (χ2v) is 5.03. The van der Waals surface area contributed by atoms with Gasteiger partial charge >= 0.3 is 0 Å². The molecule has 0 N–H and O–H groups in total. The van der Waals surface area contributed by atoms with Gasteiger partial charge < -0.3 is 9.47 Å². The highest BCUT2D eigenvalue weighted by atomic mass is 32.1. The number of nitrogens with zero attached hydrogens (tertiary/aromatic N) is 1. The third-order valence-electron chi connectivity index (χ3n) is 3.43. The molecule has 0 bridgehead atoms. The number of methoxy groups -OCH3 is 2. The Bertz CT molecular complexity index is 409. The zero-order chi connectivity index (χ0) is 13.0. The molecule has 0 amide bonds. The first kappa shape index (κ1) is 13.6. The fourth-order valence-electron chi connectivity index (χ4n) is 2.43. The summed E-state index contributed by atoms with van der Waals surface area (Å²) < 4.78 is 10.7. The maximum Gasteiger partial charge on any atom is 0.161 e. The van der Waals surface area contributed by atoms with Gasteiger partial charge in [0.2, 0.25) is 0 Å². The number of benzene rings is 1. The summed E-state index contributed by atoms with van der Waals surface area (Å²) in [7, 11) is 3.37. The van der Waals surface area contributed by atoms with Crippen LogP contribution in [-0.2, 0) is 13.0 Å². The van der Waals surface area contributed by atoms with E-state index in [0.717, 1.165) is 49.7 Å². The largest absolute Gasteiger partial charge is 0.493 e. The van der Waals surface area contributed by atoms with E-state index in [1.165, 1.54) is 11.1 Å². The SMILES string of the molecule is COc1cc2c(cc1OC)CN(CCCS)CC2. The monoisotopic (exact) mass is 267 g/mol. The smallest absolute Gasteiger partial charge is 0.161 e. The van der Waals surface area contributed by atoms with Crippen molar-refractivity contribution in [3.8, 4) is 11.5 Å². The Kier molecular flexibility index (Phi) is 4.78. The van der Waals surface area contributed by atoms with E-state index in [4.69, 9.17) is 9.47 Å². The van der Waals surface area contributed by atoms with Crippen molar-refractivity contribution in [3.63, 3.8) is 0 Å². The highest BCUT2D eigenvalue weighted by Gasteiger charge is 2.18. The molecule has 18 heavy (non-hydrogen) atoms. The lowest BCUT2D eigenvalue weighted by atomic mass is 9.98. The summed E-state index contributed by atoms with van der Waals surface area (Å²) in [4.78, 5) is 2.48. The van der Waals surface area contributed by atoms with E-state index < -0.39 is 0 Å². The van der Waals surface area contributed by atoms with Gasteiger partial charge in [-0.25, -0.2) is 0 Å². The predicted octanol–water partition coefficient (Wildman–Crippen LogP) is 2.38. The van der Waals surface area contributed by atoms with Crippen LogP contribution in [0.2, 0.25) is 0 Å². The van der Waals surface area contributed by atoms with Gasteiger partial charge in [-0.1, -0.05) is 0 Å². The van der Waals surface area contributed by atoms with Crippen LogP contribution < -0.4 is 9.47 Å². The summed E-state index contributed by atoms with van der Waals surface area (Å²) in [6, 6.07) is 4.23. The molecule has 100 valence electrons. The molecule has 0 saturated heterocycles. The van der Waals surface area contributed by atoms with Crippen LogP contribution in [0.3, 0.4) is 0 Å². The van der Waals surface area contributed by atoms with Crippen molar-refractivity contribution in [2.75, 3.05) is 33.1 Å². The number of hydrogen-bond donors (Lipinski definition) is 1. The molecule has 1 aliphatic heterocycles. The molecule has 0 atom stereocenters. The minimum atomic E-state index is 0.826. The number of rotatable bonds is 5. The molecule has 4 heteroatoms. The molecule has 1 aliphatic rings. The summed E-state index contributed by atoms with van der Waals surface area (Å²) in [5.74, 6) is 2.61. The van der Waals surface area contributed by atoms with Crippen molar-refractivity contribution in [2.24, 2.45) is 0 Å². The van der Waals surface area contributed by atoms with Crippen LogP contribution in [0.1, 0.15) is 17.5 Å². The molecule has 0 unspecified atom stereocenters. The molecule has 0 fully saturated rings. The Labute approximate surface area is 114 Å². The molecule has 0 saturated carbocycles. The van der Waals surface area contributed by atoms with Crippen molar-refractivity contribution in [2.45, 2.75) is 19.4 Å². The van der Waals surface area contributed by atoms with Crippen molar-refractivity contribution in [1.82, 2.24) is 4.90 Å². The highest BCUT2D eigenvalue weighted by Crippen LogP contribution is 2.33. The van der Waals surface area contributed by atoms with Gasteiger partial charge in [0, 0.05) is 13.1 Å². The van der Waals surface area contributed by atoms with Crippen LogP contribution in [0.5, 0.6) is 11.5 Å².